The number of aryl methyl sites for hydroxylation is 1. The molecule has 4 nitrogen and oxygen atoms in total. The highest BCUT2D eigenvalue weighted by atomic mass is 32.1. The van der Waals surface area contributed by atoms with Gasteiger partial charge in [-0.05, 0) is 44.9 Å². The molecule has 1 aliphatic rings. The number of carbonyl (C=O) groups is 2. The fourth-order valence-electron chi connectivity index (χ4n) is 2.44. The normalized spacial score (nSPS) is 23.2. The lowest BCUT2D eigenvalue weighted by molar-refractivity contribution is -0.133. The molecule has 2 amide bonds. The quantitative estimate of drug-likeness (QED) is 0.868. The Morgan fingerprint density at radius 2 is 2.15 bits per heavy atom. The van der Waals surface area contributed by atoms with Gasteiger partial charge in [-0.15, -0.1) is 11.3 Å². The Labute approximate surface area is 123 Å². The molecule has 0 unspecified atom stereocenters. The number of thiophene rings is 1. The molecule has 0 aromatic carbocycles. The molecule has 1 aliphatic heterocycles. The van der Waals surface area contributed by atoms with Gasteiger partial charge < -0.3 is 10.6 Å². The van der Waals surface area contributed by atoms with Crippen LogP contribution in [0.3, 0.4) is 0 Å². The third-order valence-corrected chi connectivity index (χ3v) is 4.68. The summed E-state index contributed by atoms with van der Waals surface area (Å²) in [5, 5.41) is 0. The summed E-state index contributed by atoms with van der Waals surface area (Å²) in [6, 6.07) is 4.18. The molecule has 1 saturated heterocycles. The number of likely N-dealkylation sites (tertiary alicyclic amines) is 1. The van der Waals surface area contributed by atoms with Crippen LogP contribution in [0.5, 0.6) is 0 Å². The molecule has 0 saturated carbocycles. The Morgan fingerprint density at radius 1 is 1.40 bits per heavy atom. The third kappa shape index (κ3) is 3.48. The molecule has 0 bridgehead atoms. The molecule has 2 N–H and O–H groups in total. The first-order chi connectivity index (χ1) is 9.47. The van der Waals surface area contributed by atoms with E-state index < -0.39 is 0 Å². The lowest BCUT2D eigenvalue weighted by Crippen LogP contribution is -2.48. The SMILES string of the molecule is Cc1ccc(/C=C\C(=O)N2C[C@H](C(N)=O)CC[C@H]2C)s1. The first kappa shape index (κ1) is 14.8. The van der Waals surface area contributed by atoms with Gasteiger partial charge in [0, 0.05) is 28.4 Å². The number of carbonyl (C=O) groups excluding carboxylic acids is 2. The highest BCUT2D eigenvalue weighted by Crippen LogP contribution is 2.22. The minimum Gasteiger partial charge on any atom is -0.369 e. The summed E-state index contributed by atoms with van der Waals surface area (Å²) in [5.41, 5.74) is 5.35. The van der Waals surface area contributed by atoms with E-state index >= 15 is 0 Å². The summed E-state index contributed by atoms with van der Waals surface area (Å²) >= 11 is 1.65. The summed E-state index contributed by atoms with van der Waals surface area (Å²) in [4.78, 5) is 27.6. The predicted octanol–water partition coefficient (Wildman–Crippen LogP) is 2.18. The van der Waals surface area contributed by atoms with Crippen molar-refractivity contribution in [2.24, 2.45) is 11.7 Å². The number of primary amides is 1. The third-order valence-electron chi connectivity index (χ3n) is 3.72. The Morgan fingerprint density at radius 3 is 2.75 bits per heavy atom. The van der Waals surface area contributed by atoms with Gasteiger partial charge in [-0.3, -0.25) is 9.59 Å². The Bertz CT molecular complexity index is 536. The van der Waals surface area contributed by atoms with Crippen molar-refractivity contribution in [1.29, 1.82) is 0 Å². The van der Waals surface area contributed by atoms with Crippen molar-refractivity contribution in [1.82, 2.24) is 4.90 Å². The van der Waals surface area contributed by atoms with Gasteiger partial charge in [0.25, 0.3) is 0 Å². The zero-order chi connectivity index (χ0) is 14.7. The average Bonchev–Trinajstić information content (AvgIpc) is 2.82. The maximum Gasteiger partial charge on any atom is 0.246 e. The van der Waals surface area contributed by atoms with Crippen molar-refractivity contribution >= 4 is 29.2 Å². The number of amides is 2. The number of nitrogens with zero attached hydrogens (tertiary/aromatic N) is 1. The van der Waals surface area contributed by atoms with Crippen LogP contribution in [0.15, 0.2) is 18.2 Å². The van der Waals surface area contributed by atoms with Crippen molar-refractivity contribution in [3.8, 4) is 0 Å². The van der Waals surface area contributed by atoms with Gasteiger partial charge in [-0.2, -0.15) is 0 Å². The van der Waals surface area contributed by atoms with E-state index in [4.69, 9.17) is 5.73 Å². The molecular formula is C15H20N2O2S. The Kier molecular flexibility index (Phi) is 4.60. The largest absolute Gasteiger partial charge is 0.369 e. The van der Waals surface area contributed by atoms with E-state index in [0.29, 0.717) is 6.54 Å². The van der Waals surface area contributed by atoms with Crippen LogP contribution in [0.4, 0.5) is 0 Å². The van der Waals surface area contributed by atoms with Crippen molar-refractivity contribution in [3.63, 3.8) is 0 Å². The number of rotatable bonds is 3. The molecule has 1 aromatic heterocycles. The van der Waals surface area contributed by atoms with Gasteiger partial charge in [-0.25, -0.2) is 0 Å². The summed E-state index contributed by atoms with van der Waals surface area (Å²) in [6.45, 7) is 4.48. The predicted molar refractivity (Wildman–Crippen MR) is 81.2 cm³/mol. The number of hydrogen-bond donors (Lipinski definition) is 1. The van der Waals surface area contributed by atoms with Gasteiger partial charge in [0.15, 0.2) is 0 Å². The van der Waals surface area contributed by atoms with Crippen LogP contribution in [0.25, 0.3) is 6.08 Å². The first-order valence-corrected chi connectivity index (χ1v) is 7.63. The summed E-state index contributed by atoms with van der Waals surface area (Å²) in [6.07, 6.45) is 5.02. The van der Waals surface area contributed by atoms with E-state index in [1.807, 2.05) is 32.1 Å². The van der Waals surface area contributed by atoms with Crippen LogP contribution in [0.1, 0.15) is 29.5 Å². The molecule has 108 valence electrons. The van der Waals surface area contributed by atoms with Crippen LogP contribution in [-0.4, -0.2) is 29.3 Å². The van der Waals surface area contributed by atoms with Crippen LogP contribution < -0.4 is 5.73 Å². The monoisotopic (exact) mass is 292 g/mol. The van der Waals surface area contributed by atoms with Gasteiger partial charge in [0.05, 0.1) is 5.92 Å². The van der Waals surface area contributed by atoms with E-state index in [2.05, 4.69) is 0 Å². The minimum absolute atomic E-state index is 0.0468. The molecule has 0 spiro atoms. The molecule has 5 heteroatoms. The van der Waals surface area contributed by atoms with Gasteiger partial charge in [0.1, 0.15) is 0 Å². The van der Waals surface area contributed by atoms with Crippen LogP contribution in [-0.2, 0) is 9.59 Å². The fraction of sp³-hybridized carbons (Fsp3) is 0.467. The van der Waals surface area contributed by atoms with Crippen molar-refractivity contribution < 1.29 is 9.59 Å². The Balaban J connectivity index is 2.03. The number of piperidine rings is 1. The molecule has 1 fully saturated rings. The molecular weight excluding hydrogens is 272 g/mol. The lowest BCUT2D eigenvalue weighted by atomic mass is 9.93. The van der Waals surface area contributed by atoms with Crippen LogP contribution in [0, 0.1) is 12.8 Å². The summed E-state index contributed by atoms with van der Waals surface area (Å²) < 4.78 is 0. The maximum absolute atomic E-state index is 12.2. The topological polar surface area (TPSA) is 63.4 Å². The fourth-order valence-corrected chi connectivity index (χ4v) is 3.22. The minimum atomic E-state index is -0.312. The van der Waals surface area contributed by atoms with E-state index in [1.165, 1.54) is 4.88 Å². The first-order valence-electron chi connectivity index (χ1n) is 6.82. The summed E-state index contributed by atoms with van der Waals surface area (Å²) in [7, 11) is 0. The van der Waals surface area contributed by atoms with E-state index in [9.17, 15) is 9.59 Å². The van der Waals surface area contributed by atoms with Crippen molar-refractivity contribution in [3.05, 3.63) is 28.0 Å². The highest BCUT2D eigenvalue weighted by Gasteiger charge is 2.30. The van der Waals surface area contributed by atoms with E-state index in [0.717, 1.165) is 17.7 Å². The molecule has 2 atom stereocenters. The van der Waals surface area contributed by atoms with E-state index in [-0.39, 0.29) is 23.8 Å². The van der Waals surface area contributed by atoms with Gasteiger partial charge in [0.2, 0.25) is 11.8 Å². The van der Waals surface area contributed by atoms with Crippen LogP contribution >= 0.6 is 11.3 Å². The molecule has 0 radical (unpaired) electrons. The van der Waals surface area contributed by atoms with E-state index in [1.54, 1.807) is 22.3 Å². The molecule has 2 rings (SSSR count). The molecule has 0 aliphatic carbocycles. The van der Waals surface area contributed by atoms with Crippen molar-refractivity contribution in [2.75, 3.05) is 6.54 Å². The second-order valence-corrected chi connectivity index (χ2v) is 6.62. The second kappa shape index (κ2) is 6.22. The second-order valence-electron chi connectivity index (χ2n) is 5.30. The standard InChI is InChI=1S/C15H20N2O2S/c1-10-3-5-12(15(16)19)9-17(10)14(18)8-7-13-6-4-11(2)20-13/h4,6-8,10,12H,3,5,9H2,1-2H3,(H2,16,19)/b8-7-/t10-,12-/m1/s1. The zero-order valence-electron chi connectivity index (χ0n) is 11.8. The molecule has 2 heterocycles. The zero-order valence-corrected chi connectivity index (χ0v) is 12.7. The molecule has 20 heavy (non-hydrogen) atoms. The summed E-state index contributed by atoms with van der Waals surface area (Å²) in [5.74, 6) is -0.574. The average molecular weight is 292 g/mol. The van der Waals surface area contributed by atoms with Gasteiger partial charge >= 0.3 is 0 Å². The lowest BCUT2D eigenvalue weighted by Gasteiger charge is -2.36. The van der Waals surface area contributed by atoms with Crippen molar-refractivity contribution in [2.45, 2.75) is 32.7 Å². The maximum atomic E-state index is 12.2. The smallest absolute Gasteiger partial charge is 0.246 e. The Hall–Kier alpha value is -1.62. The number of hydrogen-bond acceptors (Lipinski definition) is 3. The molecule has 1 aromatic rings. The number of nitrogens with two attached hydrogens (primary N) is 1. The van der Waals surface area contributed by atoms with Crippen LogP contribution in [0.2, 0.25) is 0 Å². The van der Waals surface area contributed by atoms with Gasteiger partial charge in [-0.1, -0.05) is 0 Å². The highest BCUT2D eigenvalue weighted by molar-refractivity contribution is 7.12.